The number of nitrogens with two attached hydrogens (primary N) is 1. The Balaban J connectivity index is 2.45. The van der Waals surface area contributed by atoms with Gasteiger partial charge in [0.25, 0.3) is 0 Å². The first kappa shape index (κ1) is 11.3. The van der Waals surface area contributed by atoms with Gasteiger partial charge in [-0.1, -0.05) is 12.1 Å². The van der Waals surface area contributed by atoms with Crippen molar-refractivity contribution < 1.29 is 9.90 Å². The van der Waals surface area contributed by atoms with Crippen molar-refractivity contribution in [2.45, 2.75) is 6.54 Å². The molecule has 0 aliphatic carbocycles. The summed E-state index contributed by atoms with van der Waals surface area (Å²) in [7, 11) is 0. The zero-order valence-electron chi connectivity index (χ0n) is 9.13. The van der Waals surface area contributed by atoms with E-state index in [0.717, 1.165) is 16.8 Å². The first-order chi connectivity index (χ1) is 8.20. The maximum atomic E-state index is 10.9. The molecule has 2 aromatic rings. The Kier molecular flexibility index (Phi) is 3.16. The van der Waals surface area contributed by atoms with Crippen molar-refractivity contribution in [2.24, 2.45) is 5.73 Å². The maximum Gasteiger partial charge on any atom is 0.335 e. The Hall–Kier alpha value is -2.20. The van der Waals surface area contributed by atoms with Crippen molar-refractivity contribution in [3.05, 3.63) is 53.7 Å². The number of carbonyl (C=O) groups is 1. The molecule has 0 aliphatic rings. The molecule has 86 valence electrons. The number of carboxylic acid groups (broad SMARTS) is 1. The smallest absolute Gasteiger partial charge is 0.335 e. The van der Waals surface area contributed by atoms with E-state index >= 15 is 0 Å². The Morgan fingerprint density at radius 2 is 2.12 bits per heavy atom. The normalized spacial score (nSPS) is 10.2. The topological polar surface area (TPSA) is 76.2 Å². The third-order valence-corrected chi connectivity index (χ3v) is 2.47. The number of hydrogen-bond acceptors (Lipinski definition) is 3. The summed E-state index contributed by atoms with van der Waals surface area (Å²) in [6.07, 6.45) is 1.67. The van der Waals surface area contributed by atoms with Gasteiger partial charge in [0.1, 0.15) is 0 Å². The van der Waals surface area contributed by atoms with E-state index in [1.165, 1.54) is 0 Å². The van der Waals surface area contributed by atoms with Crippen LogP contribution in [0.5, 0.6) is 0 Å². The van der Waals surface area contributed by atoms with Gasteiger partial charge in [0.05, 0.1) is 11.3 Å². The van der Waals surface area contributed by atoms with Crippen LogP contribution in [0.3, 0.4) is 0 Å². The van der Waals surface area contributed by atoms with E-state index in [2.05, 4.69) is 4.98 Å². The van der Waals surface area contributed by atoms with Crippen LogP contribution >= 0.6 is 0 Å². The molecule has 0 saturated heterocycles. The van der Waals surface area contributed by atoms with Crippen LogP contribution in [0.25, 0.3) is 11.3 Å². The van der Waals surface area contributed by atoms with Gasteiger partial charge in [-0.2, -0.15) is 0 Å². The summed E-state index contributed by atoms with van der Waals surface area (Å²) in [4.78, 5) is 15.1. The number of benzene rings is 1. The van der Waals surface area contributed by atoms with Gasteiger partial charge >= 0.3 is 5.97 Å². The van der Waals surface area contributed by atoms with Gasteiger partial charge in [-0.15, -0.1) is 0 Å². The lowest BCUT2D eigenvalue weighted by Crippen LogP contribution is -1.98. The molecule has 3 N–H and O–H groups in total. The molecule has 0 radical (unpaired) electrons. The summed E-state index contributed by atoms with van der Waals surface area (Å²) in [6, 6.07) is 10.4. The molecular formula is C13H12N2O2. The van der Waals surface area contributed by atoms with Crippen molar-refractivity contribution in [3.63, 3.8) is 0 Å². The van der Waals surface area contributed by atoms with E-state index in [9.17, 15) is 4.79 Å². The quantitative estimate of drug-likeness (QED) is 0.841. The molecule has 1 aromatic heterocycles. The van der Waals surface area contributed by atoms with Gasteiger partial charge < -0.3 is 10.8 Å². The maximum absolute atomic E-state index is 10.9. The number of pyridine rings is 1. The second-order valence-corrected chi connectivity index (χ2v) is 3.64. The molecule has 17 heavy (non-hydrogen) atoms. The van der Waals surface area contributed by atoms with E-state index in [4.69, 9.17) is 10.8 Å². The SMILES string of the molecule is NCc1ccnc(-c2cccc(C(=O)O)c2)c1. The lowest BCUT2D eigenvalue weighted by Gasteiger charge is -2.04. The van der Waals surface area contributed by atoms with Crippen molar-refractivity contribution >= 4 is 5.97 Å². The third kappa shape index (κ3) is 2.49. The van der Waals surface area contributed by atoms with Crippen LogP contribution in [-0.4, -0.2) is 16.1 Å². The van der Waals surface area contributed by atoms with E-state index < -0.39 is 5.97 Å². The summed E-state index contributed by atoms with van der Waals surface area (Å²) < 4.78 is 0. The van der Waals surface area contributed by atoms with Crippen LogP contribution < -0.4 is 5.73 Å². The lowest BCUT2D eigenvalue weighted by molar-refractivity contribution is 0.0697. The highest BCUT2D eigenvalue weighted by atomic mass is 16.4. The molecule has 1 heterocycles. The summed E-state index contributed by atoms with van der Waals surface area (Å²) in [5, 5.41) is 8.92. The van der Waals surface area contributed by atoms with Gasteiger partial charge in [-0.3, -0.25) is 4.98 Å². The summed E-state index contributed by atoms with van der Waals surface area (Å²) in [6.45, 7) is 0.439. The minimum atomic E-state index is -0.943. The van der Waals surface area contributed by atoms with Crippen LogP contribution in [0.4, 0.5) is 0 Å². The van der Waals surface area contributed by atoms with E-state index in [0.29, 0.717) is 6.54 Å². The first-order valence-corrected chi connectivity index (χ1v) is 5.19. The third-order valence-electron chi connectivity index (χ3n) is 2.47. The van der Waals surface area contributed by atoms with Gasteiger partial charge in [-0.05, 0) is 29.8 Å². The Morgan fingerprint density at radius 1 is 1.29 bits per heavy atom. The predicted molar refractivity (Wildman–Crippen MR) is 64.5 cm³/mol. The Bertz CT molecular complexity index is 553. The fourth-order valence-corrected chi connectivity index (χ4v) is 1.57. The molecule has 0 saturated carbocycles. The number of hydrogen-bond donors (Lipinski definition) is 2. The van der Waals surface area contributed by atoms with E-state index in [1.54, 1.807) is 24.4 Å². The summed E-state index contributed by atoms with van der Waals surface area (Å²) in [5.41, 5.74) is 8.28. The highest BCUT2D eigenvalue weighted by Gasteiger charge is 2.05. The Labute approximate surface area is 98.7 Å². The zero-order chi connectivity index (χ0) is 12.3. The van der Waals surface area contributed by atoms with E-state index in [-0.39, 0.29) is 5.56 Å². The monoisotopic (exact) mass is 228 g/mol. The average molecular weight is 228 g/mol. The fourth-order valence-electron chi connectivity index (χ4n) is 1.57. The number of aromatic carboxylic acids is 1. The van der Waals surface area contributed by atoms with Gasteiger partial charge in [0.15, 0.2) is 0 Å². The molecule has 0 unspecified atom stereocenters. The molecule has 0 bridgehead atoms. The minimum Gasteiger partial charge on any atom is -0.478 e. The van der Waals surface area contributed by atoms with E-state index in [1.807, 2.05) is 18.2 Å². The van der Waals surface area contributed by atoms with Gasteiger partial charge in [-0.25, -0.2) is 4.79 Å². The van der Waals surface area contributed by atoms with Crippen LogP contribution in [0.15, 0.2) is 42.6 Å². The molecule has 4 nitrogen and oxygen atoms in total. The fraction of sp³-hybridized carbons (Fsp3) is 0.0769. The minimum absolute atomic E-state index is 0.252. The molecule has 4 heteroatoms. The molecule has 2 rings (SSSR count). The molecule has 1 aromatic carbocycles. The molecule has 0 aliphatic heterocycles. The average Bonchev–Trinajstić information content (AvgIpc) is 2.39. The highest BCUT2D eigenvalue weighted by Crippen LogP contribution is 2.19. The van der Waals surface area contributed by atoms with Gasteiger partial charge in [0.2, 0.25) is 0 Å². The van der Waals surface area contributed by atoms with Crippen molar-refractivity contribution in [2.75, 3.05) is 0 Å². The molecule has 0 amide bonds. The molecule has 0 fully saturated rings. The summed E-state index contributed by atoms with van der Waals surface area (Å²) in [5.74, 6) is -0.943. The number of nitrogens with zero attached hydrogens (tertiary/aromatic N) is 1. The lowest BCUT2D eigenvalue weighted by atomic mass is 10.1. The second kappa shape index (κ2) is 4.76. The van der Waals surface area contributed by atoms with Gasteiger partial charge in [0, 0.05) is 18.3 Å². The van der Waals surface area contributed by atoms with Crippen LogP contribution in [0, 0.1) is 0 Å². The second-order valence-electron chi connectivity index (χ2n) is 3.64. The molecule has 0 spiro atoms. The number of carboxylic acids is 1. The van der Waals surface area contributed by atoms with Crippen LogP contribution in [0.1, 0.15) is 15.9 Å². The molecular weight excluding hydrogens is 216 g/mol. The summed E-state index contributed by atoms with van der Waals surface area (Å²) >= 11 is 0. The first-order valence-electron chi connectivity index (χ1n) is 5.19. The largest absolute Gasteiger partial charge is 0.478 e. The van der Waals surface area contributed by atoms with Crippen LogP contribution in [-0.2, 0) is 6.54 Å². The van der Waals surface area contributed by atoms with Crippen molar-refractivity contribution in [3.8, 4) is 11.3 Å². The molecule has 0 atom stereocenters. The van der Waals surface area contributed by atoms with Crippen molar-refractivity contribution in [1.82, 2.24) is 4.98 Å². The highest BCUT2D eigenvalue weighted by molar-refractivity contribution is 5.89. The Morgan fingerprint density at radius 3 is 2.82 bits per heavy atom. The zero-order valence-corrected chi connectivity index (χ0v) is 9.13. The number of aromatic nitrogens is 1. The standard InChI is InChI=1S/C13H12N2O2/c14-8-9-4-5-15-12(6-9)10-2-1-3-11(7-10)13(16)17/h1-7H,8,14H2,(H,16,17). The van der Waals surface area contributed by atoms with Crippen molar-refractivity contribution in [1.29, 1.82) is 0 Å². The number of rotatable bonds is 3. The van der Waals surface area contributed by atoms with Crippen LogP contribution in [0.2, 0.25) is 0 Å². The predicted octanol–water partition coefficient (Wildman–Crippen LogP) is 1.91.